The summed E-state index contributed by atoms with van der Waals surface area (Å²) in [6.45, 7) is 3.41. The molecule has 2 heterocycles. The van der Waals surface area contributed by atoms with E-state index in [-0.39, 0.29) is 22.8 Å². The van der Waals surface area contributed by atoms with Crippen LogP contribution in [0.3, 0.4) is 0 Å². The standard InChI is InChI=1S/C15H18N2O5S/c1-3-12-14(9-13(22-12)15(18)19)23(20,21)17-10(2)8-11-6-4-5-7-16-11/h4-7,9-10,17H,3,8H2,1-2H3,(H,18,19). The summed E-state index contributed by atoms with van der Waals surface area (Å²) in [5, 5.41) is 8.94. The second kappa shape index (κ2) is 6.93. The molecular formula is C15H18N2O5S. The summed E-state index contributed by atoms with van der Waals surface area (Å²) in [4.78, 5) is 15.0. The molecule has 2 aromatic heterocycles. The maximum atomic E-state index is 12.5. The molecule has 0 bridgehead atoms. The van der Waals surface area contributed by atoms with Gasteiger partial charge in [0.1, 0.15) is 10.7 Å². The topological polar surface area (TPSA) is 109 Å². The summed E-state index contributed by atoms with van der Waals surface area (Å²) in [7, 11) is -3.87. The Bertz CT molecular complexity index is 783. The van der Waals surface area contributed by atoms with Gasteiger partial charge >= 0.3 is 5.97 Å². The zero-order chi connectivity index (χ0) is 17.0. The lowest BCUT2D eigenvalue weighted by Gasteiger charge is -2.13. The SMILES string of the molecule is CCc1oc(C(=O)O)cc1S(=O)(=O)NC(C)Cc1ccccn1. The Kier molecular flexibility index (Phi) is 5.17. The number of nitrogens with one attached hydrogen (secondary N) is 1. The van der Waals surface area contributed by atoms with Crippen LogP contribution in [0.15, 0.2) is 39.8 Å². The first-order valence-corrected chi connectivity index (χ1v) is 8.60. The highest BCUT2D eigenvalue weighted by Gasteiger charge is 2.26. The molecule has 0 radical (unpaired) electrons. The molecule has 1 atom stereocenters. The first-order valence-electron chi connectivity index (χ1n) is 7.11. The van der Waals surface area contributed by atoms with Gasteiger partial charge in [-0.1, -0.05) is 13.0 Å². The number of hydrogen-bond acceptors (Lipinski definition) is 5. The lowest BCUT2D eigenvalue weighted by molar-refractivity contribution is 0.0660. The molecule has 8 heteroatoms. The number of carboxylic acids is 1. The van der Waals surface area contributed by atoms with Gasteiger partial charge in [-0.2, -0.15) is 0 Å². The molecule has 0 amide bonds. The fourth-order valence-electron chi connectivity index (χ4n) is 2.19. The van der Waals surface area contributed by atoms with Crippen LogP contribution in [0.4, 0.5) is 0 Å². The third-order valence-electron chi connectivity index (χ3n) is 3.19. The molecule has 0 aromatic carbocycles. The molecule has 2 rings (SSSR count). The molecule has 124 valence electrons. The number of carbonyl (C=O) groups is 1. The van der Waals surface area contributed by atoms with Crippen molar-refractivity contribution in [3.8, 4) is 0 Å². The van der Waals surface area contributed by atoms with Crippen LogP contribution < -0.4 is 4.72 Å². The van der Waals surface area contributed by atoms with Crippen LogP contribution in [-0.2, 0) is 22.9 Å². The average Bonchev–Trinajstić information content (AvgIpc) is 2.93. The van der Waals surface area contributed by atoms with E-state index >= 15 is 0 Å². The third-order valence-corrected chi connectivity index (χ3v) is 4.83. The van der Waals surface area contributed by atoms with Gasteiger partial charge in [0.05, 0.1) is 0 Å². The van der Waals surface area contributed by atoms with E-state index in [2.05, 4.69) is 9.71 Å². The van der Waals surface area contributed by atoms with Crippen molar-refractivity contribution in [1.29, 1.82) is 0 Å². The molecule has 0 saturated carbocycles. The van der Waals surface area contributed by atoms with E-state index in [1.165, 1.54) is 0 Å². The van der Waals surface area contributed by atoms with Crippen LogP contribution in [-0.4, -0.2) is 30.5 Å². The number of rotatable bonds is 7. The van der Waals surface area contributed by atoms with Crippen LogP contribution in [0, 0.1) is 0 Å². The van der Waals surface area contributed by atoms with E-state index in [1.807, 2.05) is 12.1 Å². The second-order valence-electron chi connectivity index (χ2n) is 5.10. The summed E-state index contributed by atoms with van der Waals surface area (Å²) >= 11 is 0. The van der Waals surface area contributed by atoms with E-state index in [9.17, 15) is 13.2 Å². The molecule has 23 heavy (non-hydrogen) atoms. The summed E-state index contributed by atoms with van der Waals surface area (Å²) in [5.74, 6) is -1.57. The number of aryl methyl sites for hydroxylation is 1. The number of nitrogens with zero attached hydrogens (tertiary/aromatic N) is 1. The number of aromatic carboxylic acids is 1. The Morgan fingerprint density at radius 3 is 2.74 bits per heavy atom. The number of sulfonamides is 1. The number of carboxylic acid groups (broad SMARTS) is 1. The van der Waals surface area contributed by atoms with Gasteiger partial charge in [-0.15, -0.1) is 0 Å². The molecule has 0 spiro atoms. The smallest absolute Gasteiger partial charge is 0.371 e. The van der Waals surface area contributed by atoms with Crippen LogP contribution in [0.1, 0.15) is 35.9 Å². The lowest BCUT2D eigenvalue weighted by Crippen LogP contribution is -2.34. The molecule has 0 fully saturated rings. The van der Waals surface area contributed by atoms with Gasteiger partial charge in [0.2, 0.25) is 15.8 Å². The van der Waals surface area contributed by atoms with Crippen molar-refractivity contribution in [2.75, 3.05) is 0 Å². The van der Waals surface area contributed by atoms with Crippen molar-refractivity contribution in [2.24, 2.45) is 0 Å². The Morgan fingerprint density at radius 1 is 1.43 bits per heavy atom. The van der Waals surface area contributed by atoms with Crippen molar-refractivity contribution >= 4 is 16.0 Å². The van der Waals surface area contributed by atoms with Crippen molar-refractivity contribution in [3.05, 3.63) is 47.7 Å². The fourth-order valence-corrected chi connectivity index (χ4v) is 3.68. The van der Waals surface area contributed by atoms with Crippen LogP contribution >= 0.6 is 0 Å². The fraction of sp³-hybridized carbons (Fsp3) is 0.333. The summed E-state index contributed by atoms with van der Waals surface area (Å²) in [6, 6.07) is 6.06. The minimum atomic E-state index is -3.87. The highest BCUT2D eigenvalue weighted by atomic mass is 32.2. The number of aromatic nitrogens is 1. The molecule has 0 aliphatic heterocycles. The quantitative estimate of drug-likeness (QED) is 0.797. The van der Waals surface area contributed by atoms with Gasteiger partial charge in [-0.3, -0.25) is 4.98 Å². The first kappa shape index (κ1) is 17.2. The highest BCUT2D eigenvalue weighted by molar-refractivity contribution is 7.89. The maximum Gasteiger partial charge on any atom is 0.371 e. The van der Waals surface area contributed by atoms with E-state index in [1.54, 1.807) is 26.1 Å². The summed E-state index contributed by atoms with van der Waals surface area (Å²) in [5.41, 5.74) is 0.761. The zero-order valence-electron chi connectivity index (χ0n) is 12.8. The predicted molar refractivity (Wildman–Crippen MR) is 82.8 cm³/mol. The highest BCUT2D eigenvalue weighted by Crippen LogP contribution is 2.22. The van der Waals surface area contributed by atoms with Crippen molar-refractivity contribution < 1.29 is 22.7 Å². The van der Waals surface area contributed by atoms with Gasteiger partial charge < -0.3 is 9.52 Å². The van der Waals surface area contributed by atoms with E-state index in [0.717, 1.165) is 11.8 Å². The molecule has 0 aliphatic carbocycles. The van der Waals surface area contributed by atoms with E-state index in [0.29, 0.717) is 6.42 Å². The van der Waals surface area contributed by atoms with Crippen LogP contribution in [0.5, 0.6) is 0 Å². The second-order valence-corrected chi connectivity index (χ2v) is 6.79. The minimum Gasteiger partial charge on any atom is -0.475 e. The number of hydrogen-bond donors (Lipinski definition) is 2. The molecule has 2 aromatic rings. The predicted octanol–water partition coefficient (Wildman–Crippen LogP) is 1.84. The van der Waals surface area contributed by atoms with Gasteiger partial charge in [0, 0.05) is 36.8 Å². The number of furan rings is 1. The first-order chi connectivity index (χ1) is 10.8. The van der Waals surface area contributed by atoms with Crippen molar-refractivity contribution in [1.82, 2.24) is 9.71 Å². The Morgan fingerprint density at radius 2 is 2.17 bits per heavy atom. The third kappa shape index (κ3) is 4.17. The van der Waals surface area contributed by atoms with Gasteiger partial charge in [0.25, 0.3) is 0 Å². The Hall–Kier alpha value is -2.19. The molecule has 2 N–H and O–H groups in total. The van der Waals surface area contributed by atoms with E-state index in [4.69, 9.17) is 9.52 Å². The van der Waals surface area contributed by atoms with Gasteiger partial charge in [-0.25, -0.2) is 17.9 Å². The monoisotopic (exact) mass is 338 g/mol. The zero-order valence-corrected chi connectivity index (χ0v) is 13.6. The van der Waals surface area contributed by atoms with E-state index < -0.39 is 22.0 Å². The normalized spacial score (nSPS) is 13.0. The van der Waals surface area contributed by atoms with Gasteiger partial charge in [0.15, 0.2) is 0 Å². The molecule has 7 nitrogen and oxygen atoms in total. The molecule has 1 unspecified atom stereocenters. The summed E-state index contributed by atoms with van der Waals surface area (Å²) < 4.78 is 32.5. The van der Waals surface area contributed by atoms with Crippen molar-refractivity contribution in [3.63, 3.8) is 0 Å². The average molecular weight is 338 g/mol. The number of pyridine rings is 1. The largest absolute Gasteiger partial charge is 0.475 e. The van der Waals surface area contributed by atoms with Crippen LogP contribution in [0.25, 0.3) is 0 Å². The Balaban J connectivity index is 2.20. The minimum absolute atomic E-state index is 0.125. The summed E-state index contributed by atoms with van der Waals surface area (Å²) in [6.07, 6.45) is 2.34. The van der Waals surface area contributed by atoms with Gasteiger partial charge in [-0.05, 0) is 19.1 Å². The molecule has 0 aliphatic rings. The van der Waals surface area contributed by atoms with Crippen molar-refractivity contribution in [2.45, 2.75) is 37.6 Å². The van der Waals surface area contributed by atoms with Crippen LogP contribution in [0.2, 0.25) is 0 Å². The molecule has 0 saturated heterocycles. The molecular weight excluding hydrogens is 320 g/mol. The maximum absolute atomic E-state index is 12.5. The Labute approximate surface area is 134 Å². The lowest BCUT2D eigenvalue weighted by atomic mass is 10.2.